The zero-order valence-corrected chi connectivity index (χ0v) is 13.9. The van der Waals surface area contributed by atoms with E-state index in [2.05, 4.69) is 0 Å². The molecule has 0 N–H and O–H groups in total. The van der Waals surface area contributed by atoms with E-state index in [9.17, 15) is 18.4 Å². The molecule has 0 radical (unpaired) electrons. The van der Waals surface area contributed by atoms with Gasteiger partial charge in [0, 0.05) is 12.0 Å². The van der Waals surface area contributed by atoms with Crippen LogP contribution in [0.2, 0.25) is 0 Å². The van der Waals surface area contributed by atoms with Crippen LogP contribution in [-0.2, 0) is 4.79 Å². The van der Waals surface area contributed by atoms with E-state index in [1.165, 1.54) is 0 Å². The lowest BCUT2D eigenvalue weighted by molar-refractivity contribution is -0.117. The summed E-state index contributed by atoms with van der Waals surface area (Å²) in [5, 5.41) is -1.26. The van der Waals surface area contributed by atoms with Gasteiger partial charge in [-0.2, -0.15) is 0 Å². The van der Waals surface area contributed by atoms with E-state index < -0.39 is 22.4 Å². The van der Waals surface area contributed by atoms with Crippen LogP contribution in [0.25, 0.3) is 0 Å². The average Bonchev–Trinajstić information content (AvgIpc) is 2.40. The molecule has 1 atom stereocenters. The standard InChI is InChI=1S/C15H17ClF2O2S/c1-5-15(3,4)8(2)14(20)21-12-6-9(13(16)19)10(17)7-11(12)18/h6-8H,5H2,1-4H3. The Bertz CT molecular complexity index is 573. The zero-order valence-electron chi connectivity index (χ0n) is 12.3. The van der Waals surface area contributed by atoms with Crippen molar-refractivity contribution in [3.63, 3.8) is 0 Å². The predicted molar refractivity (Wildman–Crippen MR) is 80.6 cm³/mol. The monoisotopic (exact) mass is 334 g/mol. The highest BCUT2D eigenvalue weighted by Gasteiger charge is 2.31. The van der Waals surface area contributed by atoms with Gasteiger partial charge in [0.05, 0.1) is 10.5 Å². The van der Waals surface area contributed by atoms with Gasteiger partial charge in [-0.15, -0.1) is 0 Å². The summed E-state index contributed by atoms with van der Waals surface area (Å²) in [5.41, 5.74) is -0.665. The summed E-state index contributed by atoms with van der Waals surface area (Å²) in [6.07, 6.45) is 0.789. The quantitative estimate of drug-likeness (QED) is 0.559. The Morgan fingerprint density at radius 3 is 2.33 bits per heavy atom. The molecule has 0 spiro atoms. The number of halogens is 3. The fourth-order valence-electron chi connectivity index (χ4n) is 1.58. The summed E-state index contributed by atoms with van der Waals surface area (Å²) in [7, 11) is 0. The minimum atomic E-state index is -1.04. The van der Waals surface area contributed by atoms with E-state index >= 15 is 0 Å². The van der Waals surface area contributed by atoms with Gasteiger partial charge in [-0.05, 0) is 34.8 Å². The Hall–Kier alpha value is -0.940. The smallest absolute Gasteiger partial charge is 0.255 e. The molecule has 116 valence electrons. The maximum Gasteiger partial charge on any atom is 0.255 e. The van der Waals surface area contributed by atoms with Crippen molar-refractivity contribution < 1.29 is 18.4 Å². The molecule has 0 aromatic heterocycles. The lowest BCUT2D eigenvalue weighted by Gasteiger charge is -2.29. The molecule has 0 fully saturated rings. The van der Waals surface area contributed by atoms with Crippen molar-refractivity contribution in [2.75, 3.05) is 0 Å². The van der Waals surface area contributed by atoms with Crippen LogP contribution in [-0.4, -0.2) is 10.4 Å². The Morgan fingerprint density at radius 1 is 1.29 bits per heavy atom. The topological polar surface area (TPSA) is 34.1 Å². The molecule has 1 aromatic rings. The third-order valence-corrected chi connectivity index (χ3v) is 5.17. The molecule has 0 saturated carbocycles. The Labute approximate surface area is 132 Å². The number of hydrogen-bond acceptors (Lipinski definition) is 3. The maximum absolute atomic E-state index is 13.7. The maximum atomic E-state index is 13.7. The summed E-state index contributed by atoms with van der Waals surface area (Å²) in [6.45, 7) is 7.64. The molecule has 0 heterocycles. The van der Waals surface area contributed by atoms with E-state index in [4.69, 9.17) is 11.6 Å². The van der Waals surface area contributed by atoms with Crippen LogP contribution >= 0.6 is 23.4 Å². The Balaban J connectivity index is 3.06. The molecule has 1 unspecified atom stereocenters. The highest BCUT2D eigenvalue weighted by Crippen LogP contribution is 2.36. The predicted octanol–water partition coefficient (Wildman–Crippen LogP) is 5.03. The molecule has 1 aromatic carbocycles. The van der Waals surface area contributed by atoms with Crippen molar-refractivity contribution in [2.45, 2.75) is 39.0 Å². The second-order valence-corrected chi connectivity index (χ2v) is 6.91. The first kappa shape index (κ1) is 18.1. The number of rotatable bonds is 5. The molecule has 0 amide bonds. The van der Waals surface area contributed by atoms with Crippen molar-refractivity contribution in [3.05, 3.63) is 29.3 Å². The number of hydrogen-bond donors (Lipinski definition) is 0. The van der Waals surface area contributed by atoms with E-state index in [0.29, 0.717) is 17.8 Å². The molecular formula is C15H17ClF2O2S. The summed E-state index contributed by atoms with van der Waals surface area (Å²) < 4.78 is 27.1. The van der Waals surface area contributed by atoms with Crippen LogP contribution in [0, 0.1) is 23.0 Å². The molecule has 2 nitrogen and oxygen atoms in total. The first-order valence-corrected chi connectivity index (χ1v) is 7.70. The molecule has 1 rings (SSSR count). The van der Waals surface area contributed by atoms with Crippen molar-refractivity contribution in [1.29, 1.82) is 0 Å². The first-order chi connectivity index (χ1) is 9.60. The second-order valence-electron chi connectivity index (χ2n) is 5.52. The van der Waals surface area contributed by atoms with Crippen molar-refractivity contribution >= 4 is 33.7 Å². The lowest BCUT2D eigenvalue weighted by atomic mass is 9.78. The fraction of sp³-hybridized carbons (Fsp3) is 0.467. The van der Waals surface area contributed by atoms with Gasteiger partial charge in [-0.1, -0.05) is 34.1 Å². The summed E-state index contributed by atoms with van der Waals surface area (Å²) in [5.74, 6) is -2.23. The van der Waals surface area contributed by atoms with Crippen LogP contribution in [0.5, 0.6) is 0 Å². The number of benzene rings is 1. The van der Waals surface area contributed by atoms with Gasteiger partial charge in [0.1, 0.15) is 11.6 Å². The first-order valence-electron chi connectivity index (χ1n) is 6.50. The van der Waals surface area contributed by atoms with Gasteiger partial charge in [0.25, 0.3) is 5.24 Å². The largest absolute Gasteiger partial charge is 0.287 e. The number of carbonyl (C=O) groups is 2. The third kappa shape index (κ3) is 4.27. The van der Waals surface area contributed by atoms with Gasteiger partial charge < -0.3 is 0 Å². The van der Waals surface area contributed by atoms with Crippen molar-refractivity contribution in [3.8, 4) is 0 Å². The molecule has 0 aliphatic rings. The Morgan fingerprint density at radius 2 is 1.86 bits per heavy atom. The van der Waals surface area contributed by atoms with E-state index in [1.807, 2.05) is 20.8 Å². The van der Waals surface area contributed by atoms with Crippen LogP contribution in [0.4, 0.5) is 8.78 Å². The van der Waals surface area contributed by atoms with Crippen molar-refractivity contribution in [2.24, 2.45) is 11.3 Å². The minimum Gasteiger partial charge on any atom is -0.287 e. The summed E-state index contributed by atoms with van der Waals surface area (Å²) in [6, 6.07) is 1.55. The molecule has 21 heavy (non-hydrogen) atoms. The van der Waals surface area contributed by atoms with Gasteiger partial charge in [-0.25, -0.2) is 8.78 Å². The number of carbonyl (C=O) groups excluding carboxylic acids is 2. The van der Waals surface area contributed by atoms with Crippen molar-refractivity contribution in [1.82, 2.24) is 0 Å². The second kappa shape index (κ2) is 6.88. The van der Waals surface area contributed by atoms with Crippen LogP contribution in [0.15, 0.2) is 17.0 Å². The molecule has 0 aliphatic carbocycles. The molecule has 0 aliphatic heterocycles. The minimum absolute atomic E-state index is 0.0934. The van der Waals surface area contributed by atoms with Crippen LogP contribution in [0.3, 0.4) is 0 Å². The van der Waals surface area contributed by atoms with E-state index in [-0.39, 0.29) is 21.3 Å². The SMILES string of the molecule is CCC(C)(C)C(C)C(=O)Sc1cc(C(=O)Cl)c(F)cc1F. The van der Waals surface area contributed by atoms with Crippen LogP contribution < -0.4 is 0 Å². The number of thioether (sulfide) groups is 1. The third-order valence-electron chi connectivity index (χ3n) is 3.88. The fourth-order valence-corrected chi connectivity index (χ4v) is 2.77. The van der Waals surface area contributed by atoms with Gasteiger partial charge in [0.15, 0.2) is 5.12 Å². The molecule has 0 saturated heterocycles. The molecule has 6 heteroatoms. The Kier molecular flexibility index (Phi) is 5.93. The highest BCUT2D eigenvalue weighted by atomic mass is 35.5. The summed E-state index contributed by atoms with van der Waals surface area (Å²) >= 11 is 5.90. The summed E-state index contributed by atoms with van der Waals surface area (Å²) in [4.78, 5) is 23.2. The van der Waals surface area contributed by atoms with Crippen LogP contribution in [0.1, 0.15) is 44.5 Å². The van der Waals surface area contributed by atoms with E-state index in [1.54, 1.807) is 6.92 Å². The highest BCUT2D eigenvalue weighted by molar-refractivity contribution is 8.13. The van der Waals surface area contributed by atoms with Gasteiger partial charge in [-0.3, -0.25) is 9.59 Å². The molecule has 0 bridgehead atoms. The van der Waals surface area contributed by atoms with Gasteiger partial charge >= 0.3 is 0 Å². The van der Waals surface area contributed by atoms with E-state index in [0.717, 1.165) is 12.5 Å². The normalized spacial score (nSPS) is 13.1. The molecular weight excluding hydrogens is 318 g/mol. The zero-order chi connectivity index (χ0) is 16.4. The van der Waals surface area contributed by atoms with Gasteiger partial charge in [0.2, 0.25) is 0 Å². The lowest BCUT2D eigenvalue weighted by Crippen LogP contribution is -2.26. The average molecular weight is 335 g/mol.